The molecule has 0 bridgehead atoms. The molecule has 5 heterocycles. The number of carbonyl (C=O) groups excluding carboxylic acids is 1. The summed E-state index contributed by atoms with van der Waals surface area (Å²) in [5, 5.41) is 155. The number of oxime groups is 1. The number of nitrogens with two attached hydrogens (primary N) is 5. The molecule has 29 unspecified atom stereocenters. The van der Waals surface area contributed by atoms with Gasteiger partial charge < -0.3 is 177 Å². The van der Waals surface area contributed by atoms with Crippen LogP contribution < -0.4 is 34.0 Å². The molecule has 38 heteroatoms. The van der Waals surface area contributed by atoms with Crippen LogP contribution >= 0.6 is 0 Å². The van der Waals surface area contributed by atoms with E-state index in [9.17, 15) is 76.0 Å². The molecule has 0 spiro atoms. The highest BCUT2D eigenvalue weighted by Gasteiger charge is 2.56. The maximum Gasteiger partial charge on any atom is 0.303 e. The number of hydrogen-bond donors (Lipinski definition) is 20. The molecule has 0 aromatic rings. The highest BCUT2D eigenvalue weighted by Crippen LogP contribution is 2.36. The van der Waals surface area contributed by atoms with Crippen molar-refractivity contribution in [2.24, 2.45) is 39.7 Å². The number of ether oxygens (including phenoxy) is 14. The van der Waals surface area contributed by atoms with Crippen LogP contribution in [0, 0.1) is 5.92 Å². The number of aliphatic hydroxyl groups excluding tert-OH is 13. The number of aliphatic carboxylic acids is 1. The fourth-order valence-electron chi connectivity index (χ4n) is 10.3. The van der Waals surface area contributed by atoms with Crippen LogP contribution in [0.4, 0.5) is 0 Å². The van der Waals surface area contributed by atoms with Gasteiger partial charge in [-0.2, -0.15) is 0 Å². The van der Waals surface area contributed by atoms with Gasteiger partial charge in [0.1, 0.15) is 104 Å². The Labute approximate surface area is 511 Å². The molecule has 29 atom stereocenters. The van der Waals surface area contributed by atoms with Crippen LogP contribution in [0.1, 0.15) is 26.7 Å². The van der Waals surface area contributed by atoms with E-state index in [0.29, 0.717) is 39.5 Å². The molecule has 5 fully saturated rings. The van der Waals surface area contributed by atoms with Crippen molar-refractivity contribution in [2.75, 3.05) is 99.1 Å². The normalized spacial score (nSPS) is 39.3. The largest absolute Gasteiger partial charge is 0.481 e. The number of rotatable bonds is 38. The van der Waals surface area contributed by atoms with Gasteiger partial charge in [-0.25, -0.2) is 0 Å². The van der Waals surface area contributed by atoms with Gasteiger partial charge in [-0.05, 0) is 6.42 Å². The molecule has 5 rings (SSSR count). The molecule has 0 aromatic carbocycles. The first-order valence-corrected chi connectivity index (χ1v) is 29.2. The van der Waals surface area contributed by atoms with Crippen molar-refractivity contribution in [1.29, 1.82) is 0 Å². The van der Waals surface area contributed by atoms with Crippen LogP contribution in [-0.4, -0.2) is 360 Å². The van der Waals surface area contributed by atoms with E-state index in [1.54, 1.807) is 6.92 Å². The third kappa shape index (κ3) is 21.3. The molecular formula is C51H95N7O31. The summed E-state index contributed by atoms with van der Waals surface area (Å²) in [7, 11) is 0. The number of hydrogen-bond acceptors (Lipinski definition) is 36. The van der Waals surface area contributed by atoms with Crippen LogP contribution in [0.2, 0.25) is 0 Å². The average molecular weight is 1300 g/mol. The SMILES string of the molecule is CC(=O)NC1C(OC2C(CO)OC(OC3C(CO)OC(OC4C(CO)OC(OC(C(O)CO)C(O)C(N)/C=N/OCCOCCOCCOCCOCCCC(=O)O)C(N)C4O)C(N)C3O)C(N)C2O)OC(CO)C(OC2OC(CO)C(C)C(O)C2N)C1O. The predicted octanol–water partition coefficient (Wildman–Crippen LogP) is -12.3. The van der Waals surface area contributed by atoms with Crippen molar-refractivity contribution in [3.8, 4) is 0 Å². The molecule has 5 aliphatic rings. The second kappa shape index (κ2) is 38.5. The Balaban J connectivity index is 1.12. The van der Waals surface area contributed by atoms with Crippen molar-refractivity contribution in [2.45, 2.75) is 198 Å². The minimum absolute atomic E-state index is 0.0340. The maximum atomic E-state index is 12.5. The van der Waals surface area contributed by atoms with Gasteiger partial charge >= 0.3 is 5.97 Å². The third-order valence-corrected chi connectivity index (χ3v) is 15.4. The molecule has 89 heavy (non-hydrogen) atoms. The number of aliphatic hydroxyl groups is 13. The van der Waals surface area contributed by atoms with E-state index in [0.717, 1.165) is 13.1 Å². The average Bonchev–Trinajstić information content (AvgIpc) is 1.89. The predicted molar refractivity (Wildman–Crippen MR) is 293 cm³/mol. The minimum Gasteiger partial charge on any atom is -0.481 e. The number of carboxylic acid groups (broad SMARTS) is 1. The number of amides is 1. The monoisotopic (exact) mass is 1300 g/mol. The standard InChI is InChI=1S/C51H95N7O31/c1-21-25(16-60)80-47(31(53)36(21)69)88-46-29(20-64)84-51(35(41(46)74)58-22(2)65)89-45-28(19-63)83-50(34(56)40(45)73)87-44-27(18-62)82-49(33(55)39(44)72)86-43-26(17-61)81-48(32(54)38(43)71)85-42(24(66)15-59)37(70)23(52)14-57-79-13-12-78-11-10-77-9-8-76-7-6-75-5-3-4-30(67)68/h14,21,23-29,31-51,59-64,66,69-74H,3-13,15-20,52-56H2,1-2H3,(H,58,65)(H,67,68)/b57-14+. The summed E-state index contributed by atoms with van der Waals surface area (Å²) < 4.78 is 80.6. The van der Waals surface area contributed by atoms with Crippen LogP contribution in [0.25, 0.3) is 0 Å². The van der Waals surface area contributed by atoms with E-state index in [1.165, 1.54) is 0 Å². The van der Waals surface area contributed by atoms with Crippen molar-refractivity contribution in [3.05, 3.63) is 0 Å². The molecule has 38 nitrogen and oxygen atoms in total. The Morgan fingerprint density at radius 2 is 0.910 bits per heavy atom. The van der Waals surface area contributed by atoms with Crippen LogP contribution in [0.3, 0.4) is 0 Å². The summed E-state index contributed by atoms with van der Waals surface area (Å²) in [6, 6.07) is -9.01. The van der Waals surface area contributed by atoms with Crippen LogP contribution in [0.15, 0.2) is 5.16 Å². The summed E-state index contributed by atoms with van der Waals surface area (Å²) in [6.45, 7) is -0.306. The summed E-state index contributed by atoms with van der Waals surface area (Å²) in [5.41, 5.74) is 31.4. The lowest BCUT2D eigenvalue weighted by molar-refractivity contribution is -0.366. The van der Waals surface area contributed by atoms with E-state index in [2.05, 4.69) is 10.5 Å². The Kier molecular flexibility index (Phi) is 33.2. The van der Waals surface area contributed by atoms with Crippen molar-refractivity contribution in [1.82, 2.24) is 5.32 Å². The number of carboxylic acids is 1. The molecule has 0 aromatic heterocycles. The molecule has 520 valence electrons. The van der Waals surface area contributed by atoms with Crippen LogP contribution in [0.5, 0.6) is 0 Å². The van der Waals surface area contributed by atoms with E-state index in [1.807, 2.05) is 0 Å². The molecule has 5 aliphatic heterocycles. The fraction of sp³-hybridized carbons (Fsp3) is 0.941. The zero-order valence-corrected chi connectivity index (χ0v) is 49.4. The van der Waals surface area contributed by atoms with Crippen molar-refractivity contribution >= 4 is 18.1 Å². The van der Waals surface area contributed by atoms with E-state index in [4.69, 9.17) is 105 Å². The molecular weight excluding hydrogens is 1210 g/mol. The number of nitrogens with zero attached hydrogens (tertiary/aromatic N) is 1. The first-order valence-electron chi connectivity index (χ1n) is 29.2. The van der Waals surface area contributed by atoms with Crippen molar-refractivity contribution in [3.63, 3.8) is 0 Å². The molecule has 0 radical (unpaired) electrons. The highest BCUT2D eigenvalue weighted by molar-refractivity contribution is 5.73. The Bertz CT molecular complexity index is 2040. The van der Waals surface area contributed by atoms with E-state index >= 15 is 0 Å². The zero-order chi connectivity index (χ0) is 65.6. The van der Waals surface area contributed by atoms with Gasteiger partial charge in [-0.15, -0.1) is 0 Å². The van der Waals surface area contributed by atoms with Crippen LogP contribution in [-0.2, 0) is 80.7 Å². The van der Waals surface area contributed by atoms with E-state index in [-0.39, 0.29) is 32.8 Å². The van der Waals surface area contributed by atoms with Gasteiger partial charge in [-0.1, -0.05) is 12.1 Å². The van der Waals surface area contributed by atoms with Gasteiger partial charge in [0.2, 0.25) is 5.91 Å². The number of nitrogens with one attached hydrogen (secondary N) is 1. The summed E-state index contributed by atoms with van der Waals surface area (Å²) >= 11 is 0. The quantitative estimate of drug-likeness (QED) is 0.0155. The number of carbonyl (C=O) groups is 2. The highest BCUT2D eigenvalue weighted by atomic mass is 16.8. The first kappa shape index (κ1) is 76.8. The lowest BCUT2D eigenvalue weighted by atomic mass is 9.89. The molecule has 5 saturated heterocycles. The second-order valence-electron chi connectivity index (χ2n) is 21.8. The summed E-state index contributed by atoms with van der Waals surface area (Å²) in [4.78, 5) is 28.1. The lowest BCUT2D eigenvalue weighted by Gasteiger charge is -2.50. The molecule has 1 amide bonds. The Morgan fingerprint density at radius 1 is 0.539 bits per heavy atom. The molecule has 0 aliphatic carbocycles. The molecule has 25 N–H and O–H groups in total. The Morgan fingerprint density at radius 3 is 1.34 bits per heavy atom. The smallest absolute Gasteiger partial charge is 0.303 e. The first-order chi connectivity index (χ1) is 42.5. The summed E-state index contributed by atoms with van der Waals surface area (Å²) in [5.74, 6) is -2.21. The maximum absolute atomic E-state index is 12.5. The lowest BCUT2D eigenvalue weighted by Crippen LogP contribution is -2.71. The van der Waals surface area contributed by atoms with Gasteiger partial charge in [0, 0.05) is 25.9 Å². The van der Waals surface area contributed by atoms with Gasteiger partial charge in [0.15, 0.2) is 31.5 Å². The second-order valence-corrected chi connectivity index (χ2v) is 21.8. The Hall–Kier alpha value is -2.87. The fourth-order valence-corrected chi connectivity index (χ4v) is 10.3. The zero-order valence-electron chi connectivity index (χ0n) is 49.4. The van der Waals surface area contributed by atoms with Crippen molar-refractivity contribution < 1.29 is 152 Å². The molecule has 0 saturated carbocycles. The van der Waals surface area contributed by atoms with Gasteiger partial charge in [0.25, 0.3) is 0 Å². The topological polar surface area (TPSA) is 610 Å². The van der Waals surface area contributed by atoms with E-state index < -0.39 is 229 Å². The minimum atomic E-state index is -1.85. The third-order valence-electron chi connectivity index (χ3n) is 15.4. The van der Waals surface area contributed by atoms with Gasteiger partial charge in [0.05, 0.1) is 135 Å². The summed E-state index contributed by atoms with van der Waals surface area (Å²) in [6.07, 6.45) is -34.5. The van der Waals surface area contributed by atoms with Gasteiger partial charge in [-0.3, -0.25) is 9.59 Å².